The van der Waals surface area contributed by atoms with Crippen molar-refractivity contribution in [1.29, 1.82) is 0 Å². The summed E-state index contributed by atoms with van der Waals surface area (Å²) in [6.45, 7) is 2.07. The second-order valence-electron chi connectivity index (χ2n) is 3.99. The standard InChI is InChI=1S/C13H13Cl2NS/c1-8-5-6-17-13(8)11(16)7-9-3-2-4-10(14)12(9)15/h2-6,11H,7,16H2,1H3. The first-order chi connectivity index (χ1) is 8.09. The summed E-state index contributed by atoms with van der Waals surface area (Å²) in [5.41, 5.74) is 8.44. The van der Waals surface area contributed by atoms with Gasteiger partial charge in [0.1, 0.15) is 0 Å². The third-order valence-electron chi connectivity index (χ3n) is 2.71. The SMILES string of the molecule is Cc1ccsc1C(N)Cc1cccc(Cl)c1Cl. The van der Waals surface area contributed by atoms with Gasteiger partial charge in [-0.1, -0.05) is 35.3 Å². The molecule has 0 saturated carbocycles. The number of thiophene rings is 1. The van der Waals surface area contributed by atoms with Crippen molar-refractivity contribution >= 4 is 34.5 Å². The molecule has 1 nitrogen and oxygen atoms in total. The molecule has 0 aliphatic carbocycles. The van der Waals surface area contributed by atoms with Gasteiger partial charge < -0.3 is 5.73 Å². The lowest BCUT2D eigenvalue weighted by Gasteiger charge is -2.13. The molecule has 90 valence electrons. The average Bonchev–Trinajstić information content (AvgIpc) is 2.71. The third kappa shape index (κ3) is 2.83. The van der Waals surface area contributed by atoms with Gasteiger partial charge in [-0.05, 0) is 42.0 Å². The van der Waals surface area contributed by atoms with E-state index in [1.54, 1.807) is 17.4 Å². The Balaban J connectivity index is 2.22. The van der Waals surface area contributed by atoms with E-state index in [-0.39, 0.29) is 6.04 Å². The molecule has 0 aliphatic heterocycles. The van der Waals surface area contributed by atoms with Gasteiger partial charge >= 0.3 is 0 Å². The van der Waals surface area contributed by atoms with E-state index in [0.717, 1.165) is 5.56 Å². The molecule has 0 amide bonds. The van der Waals surface area contributed by atoms with Crippen LogP contribution in [0.2, 0.25) is 10.0 Å². The van der Waals surface area contributed by atoms with Gasteiger partial charge in [0.25, 0.3) is 0 Å². The summed E-state index contributed by atoms with van der Waals surface area (Å²) in [6, 6.07) is 7.72. The van der Waals surface area contributed by atoms with E-state index >= 15 is 0 Å². The normalized spacial score (nSPS) is 12.7. The lowest BCUT2D eigenvalue weighted by Crippen LogP contribution is -2.13. The Morgan fingerprint density at radius 3 is 2.71 bits per heavy atom. The van der Waals surface area contributed by atoms with Crippen LogP contribution in [0.15, 0.2) is 29.6 Å². The van der Waals surface area contributed by atoms with Crippen LogP contribution in [0.25, 0.3) is 0 Å². The minimum atomic E-state index is -0.0223. The minimum Gasteiger partial charge on any atom is -0.323 e. The number of rotatable bonds is 3. The molecule has 17 heavy (non-hydrogen) atoms. The Morgan fingerprint density at radius 2 is 2.06 bits per heavy atom. The van der Waals surface area contributed by atoms with Gasteiger partial charge in [0.05, 0.1) is 10.0 Å². The third-order valence-corrected chi connectivity index (χ3v) is 4.72. The molecule has 0 spiro atoms. The van der Waals surface area contributed by atoms with Crippen molar-refractivity contribution in [3.05, 3.63) is 55.7 Å². The molecule has 1 atom stereocenters. The van der Waals surface area contributed by atoms with E-state index in [1.165, 1.54) is 10.4 Å². The van der Waals surface area contributed by atoms with Crippen LogP contribution < -0.4 is 5.73 Å². The second-order valence-corrected chi connectivity index (χ2v) is 5.72. The van der Waals surface area contributed by atoms with E-state index in [4.69, 9.17) is 28.9 Å². The Bertz CT molecular complexity index is 522. The molecule has 2 aromatic rings. The summed E-state index contributed by atoms with van der Waals surface area (Å²) >= 11 is 13.8. The summed E-state index contributed by atoms with van der Waals surface area (Å²) in [7, 11) is 0. The lowest BCUT2D eigenvalue weighted by atomic mass is 10.0. The Morgan fingerprint density at radius 1 is 1.29 bits per heavy atom. The maximum Gasteiger partial charge on any atom is 0.0624 e. The van der Waals surface area contributed by atoms with Crippen LogP contribution in [-0.4, -0.2) is 0 Å². The Labute approximate surface area is 115 Å². The van der Waals surface area contributed by atoms with E-state index in [9.17, 15) is 0 Å². The van der Waals surface area contributed by atoms with E-state index in [2.05, 4.69) is 18.4 Å². The summed E-state index contributed by atoms with van der Waals surface area (Å²) in [4.78, 5) is 1.21. The summed E-state index contributed by atoms with van der Waals surface area (Å²) < 4.78 is 0. The summed E-state index contributed by atoms with van der Waals surface area (Å²) in [6.07, 6.45) is 0.709. The van der Waals surface area contributed by atoms with Crippen LogP contribution in [0, 0.1) is 6.92 Å². The molecule has 0 fully saturated rings. The number of benzene rings is 1. The predicted molar refractivity (Wildman–Crippen MR) is 76.2 cm³/mol. The Kier molecular flexibility index (Phi) is 4.10. The Hall–Kier alpha value is -0.540. The molecular weight excluding hydrogens is 273 g/mol. The van der Waals surface area contributed by atoms with Crippen molar-refractivity contribution in [1.82, 2.24) is 0 Å². The zero-order chi connectivity index (χ0) is 12.4. The molecule has 2 rings (SSSR count). The van der Waals surface area contributed by atoms with E-state index < -0.39 is 0 Å². The predicted octanol–water partition coefficient (Wildman–Crippen LogP) is 4.61. The topological polar surface area (TPSA) is 26.0 Å². The van der Waals surface area contributed by atoms with Crippen LogP contribution in [-0.2, 0) is 6.42 Å². The molecule has 2 N–H and O–H groups in total. The average molecular weight is 286 g/mol. The zero-order valence-electron chi connectivity index (χ0n) is 9.41. The lowest BCUT2D eigenvalue weighted by molar-refractivity contribution is 0.732. The highest BCUT2D eigenvalue weighted by Crippen LogP contribution is 2.30. The van der Waals surface area contributed by atoms with Crippen LogP contribution in [0.1, 0.15) is 22.0 Å². The highest BCUT2D eigenvalue weighted by atomic mass is 35.5. The van der Waals surface area contributed by atoms with Crippen LogP contribution in [0.4, 0.5) is 0 Å². The summed E-state index contributed by atoms with van der Waals surface area (Å²) in [5.74, 6) is 0. The first kappa shape index (κ1) is 12.9. The van der Waals surface area contributed by atoms with Crippen LogP contribution >= 0.6 is 34.5 Å². The van der Waals surface area contributed by atoms with Crippen molar-refractivity contribution in [2.45, 2.75) is 19.4 Å². The summed E-state index contributed by atoms with van der Waals surface area (Å²) in [5, 5.41) is 3.25. The number of halogens is 2. The molecular formula is C13H13Cl2NS. The van der Waals surface area contributed by atoms with E-state index in [1.807, 2.05) is 12.1 Å². The van der Waals surface area contributed by atoms with Crippen molar-refractivity contribution in [3.63, 3.8) is 0 Å². The molecule has 0 radical (unpaired) electrons. The van der Waals surface area contributed by atoms with Gasteiger partial charge in [0, 0.05) is 10.9 Å². The molecule has 1 unspecified atom stereocenters. The largest absolute Gasteiger partial charge is 0.323 e. The fourth-order valence-electron chi connectivity index (χ4n) is 1.80. The van der Waals surface area contributed by atoms with Crippen LogP contribution in [0.3, 0.4) is 0 Å². The van der Waals surface area contributed by atoms with Gasteiger partial charge in [-0.15, -0.1) is 11.3 Å². The van der Waals surface area contributed by atoms with Crippen molar-refractivity contribution in [2.75, 3.05) is 0 Å². The van der Waals surface area contributed by atoms with Gasteiger partial charge in [-0.3, -0.25) is 0 Å². The first-order valence-corrected chi connectivity index (χ1v) is 6.95. The maximum absolute atomic E-state index is 6.20. The van der Waals surface area contributed by atoms with Gasteiger partial charge in [-0.25, -0.2) is 0 Å². The van der Waals surface area contributed by atoms with Gasteiger partial charge in [-0.2, -0.15) is 0 Å². The molecule has 4 heteroatoms. The molecule has 1 aromatic carbocycles. The number of aryl methyl sites for hydroxylation is 1. The van der Waals surface area contributed by atoms with Crippen LogP contribution in [0.5, 0.6) is 0 Å². The molecule has 0 bridgehead atoms. The van der Waals surface area contributed by atoms with E-state index in [0.29, 0.717) is 16.5 Å². The highest BCUT2D eigenvalue weighted by molar-refractivity contribution is 7.10. The number of hydrogen-bond donors (Lipinski definition) is 1. The molecule has 1 heterocycles. The second kappa shape index (κ2) is 5.40. The van der Waals surface area contributed by atoms with Crippen molar-refractivity contribution in [3.8, 4) is 0 Å². The fraction of sp³-hybridized carbons (Fsp3) is 0.231. The quantitative estimate of drug-likeness (QED) is 0.876. The van der Waals surface area contributed by atoms with Gasteiger partial charge in [0.2, 0.25) is 0 Å². The number of nitrogens with two attached hydrogens (primary N) is 1. The smallest absolute Gasteiger partial charge is 0.0624 e. The molecule has 1 aromatic heterocycles. The van der Waals surface area contributed by atoms with Gasteiger partial charge in [0.15, 0.2) is 0 Å². The van der Waals surface area contributed by atoms with Crippen molar-refractivity contribution in [2.24, 2.45) is 5.73 Å². The molecule has 0 saturated heterocycles. The zero-order valence-corrected chi connectivity index (χ0v) is 11.7. The first-order valence-electron chi connectivity index (χ1n) is 5.32. The number of hydrogen-bond acceptors (Lipinski definition) is 2. The minimum absolute atomic E-state index is 0.0223. The van der Waals surface area contributed by atoms with Crippen molar-refractivity contribution < 1.29 is 0 Å². The fourth-order valence-corrected chi connectivity index (χ4v) is 3.13. The maximum atomic E-state index is 6.20. The molecule has 0 aliphatic rings. The highest BCUT2D eigenvalue weighted by Gasteiger charge is 2.13. The monoisotopic (exact) mass is 285 g/mol.